The number of carbonyl (C=O) groups is 2. The number of carboxylic acids is 1. The third-order valence-corrected chi connectivity index (χ3v) is 2.91. The molecule has 2 rings (SSSR count). The molecule has 1 heterocycles. The molecular formula is C11H12O4. The second kappa shape index (κ2) is 3.22. The lowest BCUT2D eigenvalue weighted by Gasteiger charge is -2.24. The molecule has 1 aliphatic carbocycles. The fourth-order valence-corrected chi connectivity index (χ4v) is 1.99. The van der Waals surface area contributed by atoms with E-state index >= 15 is 0 Å². The molecule has 80 valence electrons. The van der Waals surface area contributed by atoms with Crippen molar-refractivity contribution in [2.24, 2.45) is 0 Å². The number of rotatable bonds is 2. The molecule has 1 N–H and O–H groups in total. The molecular weight excluding hydrogens is 196 g/mol. The van der Waals surface area contributed by atoms with E-state index in [0.29, 0.717) is 0 Å². The second-order valence-corrected chi connectivity index (χ2v) is 3.93. The summed E-state index contributed by atoms with van der Waals surface area (Å²) in [5.74, 6) is -1.71. The molecule has 0 aromatic rings. The number of aliphatic carboxylic acids is 1. The van der Waals surface area contributed by atoms with Crippen LogP contribution in [0.25, 0.3) is 0 Å². The van der Waals surface area contributed by atoms with Crippen LogP contribution in [0.2, 0.25) is 0 Å². The van der Waals surface area contributed by atoms with Crippen molar-refractivity contribution in [3.63, 3.8) is 0 Å². The molecule has 0 saturated heterocycles. The van der Waals surface area contributed by atoms with E-state index in [1.807, 2.05) is 6.08 Å². The van der Waals surface area contributed by atoms with Crippen LogP contribution in [-0.2, 0) is 14.3 Å². The minimum Gasteiger partial charge on any atom is -0.475 e. The summed E-state index contributed by atoms with van der Waals surface area (Å²) in [6.07, 6.45) is 5.79. The smallest absolute Gasteiger partial charge is 0.371 e. The highest BCUT2D eigenvalue weighted by atomic mass is 16.5. The first-order valence-electron chi connectivity index (χ1n) is 4.92. The highest BCUT2D eigenvalue weighted by Crippen LogP contribution is 2.37. The number of hydrogen-bond donors (Lipinski definition) is 1. The maximum atomic E-state index is 11.7. The molecule has 0 saturated carbocycles. The fourth-order valence-electron chi connectivity index (χ4n) is 1.99. The fraction of sp³-hybridized carbons (Fsp3) is 0.455. The molecule has 0 spiro atoms. The average molecular weight is 208 g/mol. The normalized spacial score (nSPS) is 29.8. The van der Waals surface area contributed by atoms with Gasteiger partial charge in [0.2, 0.25) is 11.5 Å². The van der Waals surface area contributed by atoms with Gasteiger partial charge in [0.05, 0.1) is 0 Å². The van der Waals surface area contributed by atoms with Gasteiger partial charge in [0, 0.05) is 6.08 Å². The van der Waals surface area contributed by atoms with E-state index in [9.17, 15) is 9.59 Å². The van der Waals surface area contributed by atoms with Crippen molar-refractivity contribution in [2.75, 3.05) is 0 Å². The molecule has 0 bridgehead atoms. The first-order chi connectivity index (χ1) is 7.04. The Morgan fingerprint density at radius 2 is 2.33 bits per heavy atom. The largest absolute Gasteiger partial charge is 0.475 e. The standard InChI is InChI=1S/C11H12O4/c1-11(7-4-2-3-5-7)9(12)6-8(15-11)10(13)14/h4,6H,2-3,5H2,1H3,(H,13,14). The minimum absolute atomic E-state index is 0.254. The molecule has 0 radical (unpaired) electrons. The average Bonchev–Trinajstić information content (AvgIpc) is 2.76. The van der Waals surface area contributed by atoms with Gasteiger partial charge in [-0.3, -0.25) is 4.79 Å². The van der Waals surface area contributed by atoms with Gasteiger partial charge < -0.3 is 9.84 Å². The maximum absolute atomic E-state index is 11.7. The highest BCUT2D eigenvalue weighted by Gasteiger charge is 2.45. The van der Waals surface area contributed by atoms with Crippen molar-refractivity contribution >= 4 is 11.8 Å². The topological polar surface area (TPSA) is 63.6 Å². The molecule has 1 unspecified atom stereocenters. The summed E-state index contributed by atoms with van der Waals surface area (Å²) in [7, 11) is 0. The number of ketones is 1. The molecule has 0 aromatic heterocycles. The SMILES string of the molecule is CC1(C2=CCCC2)OC(C(=O)O)=CC1=O. The lowest BCUT2D eigenvalue weighted by atomic mass is 9.91. The van der Waals surface area contributed by atoms with E-state index in [4.69, 9.17) is 9.84 Å². The van der Waals surface area contributed by atoms with Crippen LogP contribution in [0.15, 0.2) is 23.5 Å². The third kappa shape index (κ3) is 1.46. The van der Waals surface area contributed by atoms with Gasteiger partial charge in [0.25, 0.3) is 0 Å². The third-order valence-electron chi connectivity index (χ3n) is 2.91. The monoisotopic (exact) mass is 208 g/mol. The Morgan fingerprint density at radius 3 is 2.80 bits per heavy atom. The Kier molecular flexibility index (Phi) is 2.14. The van der Waals surface area contributed by atoms with Gasteiger partial charge >= 0.3 is 5.97 Å². The van der Waals surface area contributed by atoms with E-state index < -0.39 is 11.6 Å². The molecule has 4 heteroatoms. The lowest BCUT2D eigenvalue weighted by Crippen LogP contribution is -2.34. The summed E-state index contributed by atoms with van der Waals surface area (Å²) in [4.78, 5) is 22.4. The molecule has 1 atom stereocenters. The van der Waals surface area contributed by atoms with Crippen LogP contribution in [0.5, 0.6) is 0 Å². The summed E-state index contributed by atoms with van der Waals surface area (Å²) in [5.41, 5.74) is -0.162. The van der Waals surface area contributed by atoms with Gasteiger partial charge in [-0.15, -0.1) is 0 Å². The van der Waals surface area contributed by atoms with Crippen molar-refractivity contribution < 1.29 is 19.4 Å². The summed E-state index contributed by atoms with van der Waals surface area (Å²) in [6, 6.07) is 0. The summed E-state index contributed by atoms with van der Waals surface area (Å²) in [6.45, 7) is 1.64. The van der Waals surface area contributed by atoms with Crippen LogP contribution in [-0.4, -0.2) is 22.5 Å². The Hall–Kier alpha value is -1.58. The Labute approximate surface area is 87.2 Å². The predicted octanol–water partition coefficient (Wildman–Crippen LogP) is 1.42. The summed E-state index contributed by atoms with van der Waals surface area (Å²) < 4.78 is 5.25. The van der Waals surface area contributed by atoms with Crippen molar-refractivity contribution in [2.45, 2.75) is 31.8 Å². The van der Waals surface area contributed by atoms with Crippen LogP contribution in [0.1, 0.15) is 26.2 Å². The number of allylic oxidation sites excluding steroid dienone is 1. The Balaban J connectivity index is 2.27. The molecule has 2 aliphatic rings. The number of ether oxygens (including phenoxy) is 1. The van der Waals surface area contributed by atoms with Crippen molar-refractivity contribution in [1.29, 1.82) is 0 Å². The number of carbonyl (C=O) groups excluding carboxylic acids is 1. The molecule has 4 nitrogen and oxygen atoms in total. The van der Waals surface area contributed by atoms with E-state index in [2.05, 4.69) is 0 Å². The Morgan fingerprint density at radius 1 is 1.60 bits per heavy atom. The zero-order chi connectivity index (χ0) is 11.1. The van der Waals surface area contributed by atoms with Gasteiger partial charge in [-0.25, -0.2) is 4.79 Å². The number of hydrogen-bond acceptors (Lipinski definition) is 3. The van der Waals surface area contributed by atoms with Gasteiger partial charge in [-0.05, 0) is 31.8 Å². The van der Waals surface area contributed by atoms with E-state index in [1.54, 1.807) is 6.92 Å². The highest BCUT2D eigenvalue weighted by molar-refractivity contribution is 6.07. The van der Waals surface area contributed by atoms with Crippen LogP contribution in [0.3, 0.4) is 0 Å². The molecule has 0 aromatic carbocycles. The van der Waals surface area contributed by atoms with E-state index in [-0.39, 0.29) is 11.5 Å². The zero-order valence-corrected chi connectivity index (χ0v) is 8.45. The van der Waals surface area contributed by atoms with Crippen molar-refractivity contribution in [1.82, 2.24) is 0 Å². The van der Waals surface area contributed by atoms with Gasteiger partial charge in [-0.1, -0.05) is 6.08 Å². The first-order valence-corrected chi connectivity index (χ1v) is 4.92. The van der Waals surface area contributed by atoms with Crippen molar-refractivity contribution in [3.05, 3.63) is 23.5 Å². The molecule has 0 fully saturated rings. The van der Waals surface area contributed by atoms with Crippen LogP contribution in [0, 0.1) is 0 Å². The Bertz CT molecular complexity index is 391. The van der Waals surface area contributed by atoms with Crippen molar-refractivity contribution in [3.8, 4) is 0 Å². The zero-order valence-electron chi connectivity index (χ0n) is 8.45. The number of carboxylic acid groups (broad SMARTS) is 1. The van der Waals surface area contributed by atoms with Crippen LogP contribution < -0.4 is 0 Å². The molecule has 1 aliphatic heterocycles. The predicted molar refractivity (Wildman–Crippen MR) is 52.1 cm³/mol. The molecule has 15 heavy (non-hydrogen) atoms. The summed E-state index contributed by atoms with van der Waals surface area (Å²) in [5, 5.41) is 8.74. The molecule has 0 amide bonds. The van der Waals surface area contributed by atoms with Gasteiger partial charge in [-0.2, -0.15) is 0 Å². The van der Waals surface area contributed by atoms with Crippen LogP contribution in [0.4, 0.5) is 0 Å². The van der Waals surface area contributed by atoms with Gasteiger partial charge in [0.15, 0.2) is 5.60 Å². The lowest BCUT2D eigenvalue weighted by molar-refractivity contribution is -0.139. The summed E-state index contributed by atoms with van der Waals surface area (Å²) >= 11 is 0. The van der Waals surface area contributed by atoms with E-state index in [1.165, 1.54) is 0 Å². The first kappa shape index (κ1) is 9.96. The minimum atomic E-state index is -1.19. The van der Waals surface area contributed by atoms with Gasteiger partial charge in [0.1, 0.15) is 0 Å². The maximum Gasteiger partial charge on any atom is 0.371 e. The quantitative estimate of drug-likeness (QED) is 0.697. The van der Waals surface area contributed by atoms with E-state index in [0.717, 1.165) is 30.9 Å². The van der Waals surface area contributed by atoms with Crippen LogP contribution >= 0.6 is 0 Å². The second-order valence-electron chi connectivity index (χ2n) is 3.93.